The van der Waals surface area contributed by atoms with Gasteiger partial charge in [-0.3, -0.25) is 14.6 Å². The fourth-order valence-corrected chi connectivity index (χ4v) is 4.90. The van der Waals surface area contributed by atoms with Gasteiger partial charge in [0.05, 0.1) is 5.52 Å². The second kappa shape index (κ2) is 20.2. The zero-order chi connectivity index (χ0) is 37.4. The summed E-state index contributed by atoms with van der Waals surface area (Å²) in [5.41, 5.74) is 2.41. The maximum Gasteiger partial charge on any atom is 0.339 e. The highest BCUT2D eigenvalue weighted by atomic mass is 35.5. The predicted molar refractivity (Wildman–Crippen MR) is 196 cm³/mol. The Morgan fingerprint density at radius 3 is 1.76 bits per heavy atom. The van der Waals surface area contributed by atoms with Crippen LogP contribution in [0.5, 0.6) is 11.5 Å². The second-order valence-corrected chi connectivity index (χ2v) is 11.6. The summed E-state index contributed by atoms with van der Waals surface area (Å²) >= 11 is 6.04. The zero-order valence-electron chi connectivity index (χ0n) is 28.7. The molecular formula is C36H44ClN5O8. The van der Waals surface area contributed by atoms with E-state index < -0.39 is 11.9 Å². The number of anilines is 3. The molecule has 50 heavy (non-hydrogen) atoms. The lowest BCUT2D eigenvalue weighted by Gasteiger charge is -2.20. The van der Waals surface area contributed by atoms with Crippen LogP contribution in [0.2, 0.25) is 5.02 Å². The van der Waals surface area contributed by atoms with Crippen molar-refractivity contribution in [3.05, 3.63) is 83.0 Å². The van der Waals surface area contributed by atoms with Crippen molar-refractivity contribution in [2.24, 2.45) is 0 Å². The molecule has 13 nitrogen and oxygen atoms in total. The van der Waals surface area contributed by atoms with Gasteiger partial charge in [0.15, 0.2) is 0 Å². The Kier molecular flexibility index (Phi) is 16.5. The number of carboxylic acids is 2. The molecule has 0 aliphatic heterocycles. The summed E-state index contributed by atoms with van der Waals surface area (Å²) in [5, 5.41) is 46.0. The van der Waals surface area contributed by atoms with Gasteiger partial charge in [0, 0.05) is 65.7 Å². The molecule has 4 rings (SSSR count). The number of carbonyl (C=O) groups excluding carboxylic acids is 2. The summed E-state index contributed by atoms with van der Waals surface area (Å²) in [7, 11) is 0. The molecule has 0 spiro atoms. The standard InChI is InChI=1S/C18H26ClN3.2C9H9NO4/c1-4-22(5-2)12-6-7-14(3)21-17-10-11-20-18-13-15(19)8-9-16(17)18;2*1-5(11)10-6-2-3-7(9(13)14)8(12)4-6/h8-11,13-14H,4-7,12H2,1-3H3,(H,20,21);2*2-4,12H,1H3,(H,10,11)(H,13,14). The van der Waals surface area contributed by atoms with Crippen molar-refractivity contribution < 1.29 is 39.6 Å². The Labute approximate surface area is 295 Å². The number of aromatic carboxylic acids is 2. The molecule has 1 aromatic heterocycles. The van der Waals surface area contributed by atoms with Crippen LogP contribution in [0.15, 0.2) is 66.9 Å². The number of rotatable bonds is 12. The van der Waals surface area contributed by atoms with E-state index in [2.05, 4.69) is 46.6 Å². The lowest BCUT2D eigenvalue weighted by molar-refractivity contribution is -0.115. The Hall–Kier alpha value is -5.40. The van der Waals surface area contributed by atoms with Gasteiger partial charge in [-0.1, -0.05) is 25.4 Å². The minimum atomic E-state index is -1.21. The maximum absolute atomic E-state index is 10.6. The molecule has 1 heterocycles. The predicted octanol–water partition coefficient (Wildman–Crippen LogP) is 6.91. The number of halogens is 1. The number of fused-ring (bicyclic) bond motifs is 1. The van der Waals surface area contributed by atoms with Crippen molar-refractivity contribution in [1.29, 1.82) is 0 Å². The molecule has 0 aliphatic rings. The van der Waals surface area contributed by atoms with E-state index >= 15 is 0 Å². The van der Waals surface area contributed by atoms with E-state index in [-0.39, 0.29) is 34.4 Å². The van der Waals surface area contributed by atoms with Crippen LogP contribution >= 0.6 is 11.6 Å². The average Bonchev–Trinajstić information content (AvgIpc) is 3.03. The van der Waals surface area contributed by atoms with Crippen molar-refractivity contribution in [1.82, 2.24) is 9.88 Å². The molecular weight excluding hydrogens is 666 g/mol. The summed E-state index contributed by atoms with van der Waals surface area (Å²) < 4.78 is 0. The van der Waals surface area contributed by atoms with E-state index in [1.54, 1.807) is 0 Å². The van der Waals surface area contributed by atoms with Crippen molar-refractivity contribution in [3.63, 3.8) is 0 Å². The first kappa shape index (κ1) is 40.8. The summed E-state index contributed by atoms with van der Waals surface area (Å²) in [4.78, 5) is 49.1. The molecule has 0 bridgehead atoms. The lowest BCUT2D eigenvalue weighted by Crippen LogP contribution is -2.25. The first-order chi connectivity index (χ1) is 23.6. The minimum absolute atomic E-state index is 0.195. The summed E-state index contributed by atoms with van der Waals surface area (Å²) in [5.74, 6) is -3.73. The number of benzene rings is 3. The molecule has 0 saturated heterocycles. The number of nitrogens with one attached hydrogen (secondary N) is 3. The topological polar surface area (TPSA) is 201 Å². The number of phenols is 2. The summed E-state index contributed by atoms with van der Waals surface area (Å²) in [6.07, 6.45) is 4.21. The highest BCUT2D eigenvalue weighted by Crippen LogP contribution is 2.26. The van der Waals surface area contributed by atoms with Gasteiger partial charge in [0.25, 0.3) is 0 Å². The van der Waals surface area contributed by atoms with E-state index in [1.165, 1.54) is 63.2 Å². The summed E-state index contributed by atoms with van der Waals surface area (Å²) in [6, 6.07) is 16.0. The Morgan fingerprint density at radius 2 is 1.32 bits per heavy atom. The van der Waals surface area contributed by atoms with Gasteiger partial charge in [-0.2, -0.15) is 0 Å². The van der Waals surface area contributed by atoms with E-state index in [1.807, 2.05) is 30.5 Å². The number of aromatic hydroxyl groups is 2. The van der Waals surface area contributed by atoms with Crippen LogP contribution in [-0.4, -0.2) is 79.7 Å². The van der Waals surface area contributed by atoms with Gasteiger partial charge in [0.1, 0.15) is 22.6 Å². The van der Waals surface area contributed by atoms with Crippen molar-refractivity contribution in [2.45, 2.75) is 53.5 Å². The van der Waals surface area contributed by atoms with Crippen LogP contribution in [0.4, 0.5) is 17.1 Å². The number of aromatic nitrogens is 1. The quantitative estimate of drug-likeness (QED) is 0.0806. The number of hydrogen-bond acceptors (Lipinski definition) is 9. The fourth-order valence-electron chi connectivity index (χ4n) is 4.73. The largest absolute Gasteiger partial charge is 0.507 e. The average molecular weight is 710 g/mol. The highest BCUT2D eigenvalue weighted by Gasteiger charge is 2.11. The van der Waals surface area contributed by atoms with Gasteiger partial charge >= 0.3 is 11.9 Å². The third-order valence-electron chi connectivity index (χ3n) is 7.21. The molecule has 0 saturated carbocycles. The normalized spacial score (nSPS) is 10.9. The lowest BCUT2D eigenvalue weighted by atomic mass is 10.1. The van der Waals surface area contributed by atoms with Gasteiger partial charge in [0.2, 0.25) is 11.8 Å². The fraction of sp³-hybridized carbons (Fsp3) is 0.306. The smallest absolute Gasteiger partial charge is 0.339 e. The van der Waals surface area contributed by atoms with Crippen LogP contribution in [0.25, 0.3) is 10.9 Å². The maximum atomic E-state index is 10.6. The van der Waals surface area contributed by atoms with Crippen LogP contribution < -0.4 is 16.0 Å². The van der Waals surface area contributed by atoms with Crippen molar-refractivity contribution in [2.75, 3.05) is 35.6 Å². The number of carboxylic acid groups (broad SMARTS) is 2. The number of carbonyl (C=O) groups is 4. The molecule has 2 amide bonds. The van der Waals surface area contributed by atoms with Crippen LogP contribution in [0, 0.1) is 0 Å². The molecule has 14 heteroatoms. The molecule has 4 aromatic rings. The second-order valence-electron chi connectivity index (χ2n) is 11.2. The van der Waals surface area contributed by atoms with Gasteiger partial charge in [-0.05, 0) is 87.9 Å². The monoisotopic (exact) mass is 709 g/mol. The first-order valence-electron chi connectivity index (χ1n) is 15.9. The van der Waals surface area contributed by atoms with E-state index in [4.69, 9.17) is 21.8 Å². The molecule has 3 aromatic carbocycles. The molecule has 0 fully saturated rings. The number of nitrogens with zero attached hydrogens (tertiary/aromatic N) is 2. The van der Waals surface area contributed by atoms with Gasteiger partial charge in [-0.15, -0.1) is 0 Å². The molecule has 1 unspecified atom stereocenters. The number of pyridine rings is 1. The van der Waals surface area contributed by atoms with Crippen LogP contribution in [-0.2, 0) is 9.59 Å². The van der Waals surface area contributed by atoms with Crippen molar-refractivity contribution in [3.8, 4) is 11.5 Å². The highest BCUT2D eigenvalue weighted by molar-refractivity contribution is 6.31. The molecule has 0 aliphatic carbocycles. The molecule has 0 radical (unpaired) electrons. The minimum Gasteiger partial charge on any atom is -0.507 e. The first-order valence-corrected chi connectivity index (χ1v) is 16.2. The third-order valence-corrected chi connectivity index (χ3v) is 7.44. The SMILES string of the molecule is CC(=O)Nc1ccc(C(=O)O)c(O)c1.CC(=O)Nc1ccc(C(=O)O)c(O)c1.CCN(CC)CCCC(C)Nc1ccnc2cc(Cl)ccc12. The van der Waals surface area contributed by atoms with Crippen LogP contribution in [0.3, 0.4) is 0 Å². The number of amides is 2. The third kappa shape index (κ3) is 13.6. The molecule has 268 valence electrons. The van der Waals surface area contributed by atoms with Gasteiger partial charge in [-0.25, -0.2) is 9.59 Å². The Bertz CT molecular complexity index is 1710. The van der Waals surface area contributed by atoms with E-state index in [9.17, 15) is 29.4 Å². The number of hydrogen-bond donors (Lipinski definition) is 7. The summed E-state index contributed by atoms with van der Waals surface area (Å²) in [6.45, 7) is 12.8. The van der Waals surface area contributed by atoms with E-state index in [0.717, 1.165) is 41.1 Å². The molecule has 1 atom stereocenters. The Balaban J connectivity index is 0.000000272. The molecule has 7 N–H and O–H groups in total. The zero-order valence-corrected chi connectivity index (χ0v) is 29.4. The van der Waals surface area contributed by atoms with Gasteiger partial charge < -0.3 is 41.3 Å². The van der Waals surface area contributed by atoms with E-state index in [0.29, 0.717) is 17.4 Å². The van der Waals surface area contributed by atoms with Crippen LogP contribution in [0.1, 0.15) is 68.2 Å². The Morgan fingerprint density at radius 1 is 0.800 bits per heavy atom. The van der Waals surface area contributed by atoms with Crippen molar-refractivity contribution >= 4 is 63.3 Å².